The van der Waals surface area contributed by atoms with E-state index < -0.39 is 0 Å². The quantitative estimate of drug-likeness (QED) is 0.520. The minimum absolute atomic E-state index is 0.271. The molecule has 26 heavy (non-hydrogen) atoms. The van der Waals surface area contributed by atoms with E-state index in [2.05, 4.69) is 36.5 Å². The average Bonchev–Trinajstić information content (AvgIpc) is 3.38. The first-order valence-corrected chi connectivity index (χ1v) is 8.65. The summed E-state index contributed by atoms with van der Waals surface area (Å²) in [6.07, 6.45) is 3.21. The number of rotatable bonds is 5. The smallest absolute Gasteiger partial charge is 0.277 e. The molecule has 1 amide bonds. The third-order valence-corrected chi connectivity index (χ3v) is 4.33. The Morgan fingerprint density at radius 1 is 1.23 bits per heavy atom. The van der Waals surface area contributed by atoms with E-state index in [0.717, 1.165) is 10.0 Å². The average molecular weight is 412 g/mol. The van der Waals surface area contributed by atoms with E-state index in [1.165, 1.54) is 0 Å². The monoisotopic (exact) mass is 411 g/mol. The second kappa shape index (κ2) is 7.01. The second-order valence-electron chi connectivity index (χ2n) is 5.60. The van der Waals surface area contributed by atoms with E-state index in [9.17, 15) is 4.79 Å². The first-order valence-electron chi connectivity index (χ1n) is 7.86. The summed E-state index contributed by atoms with van der Waals surface area (Å²) < 4.78 is 8.03. The predicted molar refractivity (Wildman–Crippen MR) is 99.7 cm³/mol. The van der Waals surface area contributed by atoms with E-state index in [-0.39, 0.29) is 11.6 Å². The number of aromatic amines is 1. The molecule has 0 bridgehead atoms. The molecular weight excluding hydrogens is 398 g/mol. The van der Waals surface area contributed by atoms with Crippen LogP contribution in [0.25, 0.3) is 11.5 Å². The van der Waals surface area contributed by atoms with E-state index in [1.807, 2.05) is 24.3 Å². The van der Waals surface area contributed by atoms with Crippen LogP contribution in [0.3, 0.4) is 0 Å². The second-order valence-corrected chi connectivity index (χ2v) is 6.51. The van der Waals surface area contributed by atoms with Crippen LogP contribution in [0.1, 0.15) is 16.1 Å². The molecule has 3 heterocycles. The number of nitrogens with one attached hydrogen (secondary N) is 2. The highest BCUT2D eigenvalue weighted by molar-refractivity contribution is 9.10. The van der Waals surface area contributed by atoms with Crippen LogP contribution in [0.15, 0.2) is 69.9 Å². The minimum atomic E-state index is -0.323. The predicted octanol–water partition coefficient (Wildman–Crippen LogP) is 3.93. The molecule has 0 unspecified atom stereocenters. The van der Waals surface area contributed by atoms with Crippen molar-refractivity contribution in [1.82, 2.24) is 20.0 Å². The van der Waals surface area contributed by atoms with Crippen LogP contribution in [0, 0.1) is 0 Å². The molecule has 0 aliphatic heterocycles. The summed E-state index contributed by atoms with van der Waals surface area (Å²) in [6, 6.07) is 14.9. The van der Waals surface area contributed by atoms with E-state index in [1.54, 1.807) is 41.4 Å². The largest absolute Gasteiger partial charge is 0.463 e. The molecule has 0 fully saturated rings. The fourth-order valence-electron chi connectivity index (χ4n) is 2.50. The normalized spacial score (nSPS) is 10.8. The zero-order chi connectivity index (χ0) is 17.9. The number of aromatic nitrogens is 4. The van der Waals surface area contributed by atoms with Crippen LogP contribution in [-0.4, -0.2) is 25.9 Å². The molecule has 1 aromatic carbocycles. The molecule has 2 N–H and O–H groups in total. The maximum Gasteiger partial charge on any atom is 0.277 e. The van der Waals surface area contributed by atoms with E-state index in [0.29, 0.717) is 23.8 Å². The highest BCUT2D eigenvalue weighted by atomic mass is 79.9. The summed E-state index contributed by atoms with van der Waals surface area (Å²) in [6.45, 7) is 0.550. The van der Waals surface area contributed by atoms with Crippen molar-refractivity contribution in [2.24, 2.45) is 0 Å². The Morgan fingerprint density at radius 2 is 2.08 bits per heavy atom. The van der Waals surface area contributed by atoms with Gasteiger partial charge in [-0.1, -0.05) is 28.1 Å². The summed E-state index contributed by atoms with van der Waals surface area (Å²) >= 11 is 3.42. The Kier molecular flexibility index (Phi) is 4.40. The zero-order valence-electron chi connectivity index (χ0n) is 13.5. The van der Waals surface area contributed by atoms with Gasteiger partial charge < -0.3 is 9.73 Å². The Labute approximate surface area is 157 Å². The molecule has 8 heteroatoms. The van der Waals surface area contributed by atoms with Crippen LogP contribution in [0.2, 0.25) is 0 Å². The molecule has 4 aromatic rings. The molecule has 0 saturated carbocycles. The molecule has 7 nitrogen and oxygen atoms in total. The zero-order valence-corrected chi connectivity index (χ0v) is 15.1. The molecule has 0 radical (unpaired) electrons. The standard InChI is InChI=1S/C18H14BrN5O2/c19-13-5-3-12(4-6-13)11-24-17(7-8-20-24)21-18(25)15-10-14(22-23-15)16-2-1-9-26-16/h1-10H,11H2,(H,21,25)(H,22,23). The number of halogens is 1. The van der Waals surface area contributed by atoms with Gasteiger partial charge in [-0.05, 0) is 29.8 Å². The molecule has 0 aliphatic rings. The SMILES string of the molecule is O=C(Nc1ccnn1Cc1ccc(Br)cc1)c1cc(-c2ccco2)[nH]n1. The highest BCUT2D eigenvalue weighted by Crippen LogP contribution is 2.19. The summed E-state index contributed by atoms with van der Waals surface area (Å²) in [5.74, 6) is 0.897. The van der Waals surface area contributed by atoms with Gasteiger partial charge in [0.2, 0.25) is 0 Å². The van der Waals surface area contributed by atoms with Crippen LogP contribution in [0.5, 0.6) is 0 Å². The maximum atomic E-state index is 12.5. The summed E-state index contributed by atoms with van der Waals surface area (Å²) in [4.78, 5) is 12.5. The number of carbonyl (C=O) groups is 1. The number of furan rings is 1. The number of nitrogens with zero attached hydrogens (tertiary/aromatic N) is 3. The van der Waals surface area contributed by atoms with Gasteiger partial charge >= 0.3 is 0 Å². The molecule has 0 atom stereocenters. The number of H-pyrrole nitrogens is 1. The maximum absolute atomic E-state index is 12.5. The van der Waals surface area contributed by atoms with Gasteiger partial charge in [0.25, 0.3) is 5.91 Å². The van der Waals surface area contributed by atoms with Crippen molar-refractivity contribution in [3.63, 3.8) is 0 Å². The van der Waals surface area contributed by atoms with Gasteiger partial charge in [-0.2, -0.15) is 10.2 Å². The van der Waals surface area contributed by atoms with Gasteiger partial charge in [-0.3, -0.25) is 9.89 Å². The Hall–Kier alpha value is -3.13. The summed E-state index contributed by atoms with van der Waals surface area (Å²) in [7, 11) is 0. The molecule has 130 valence electrons. The van der Waals surface area contributed by atoms with E-state index >= 15 is 0 Å². The molecule has 0 aliphatic carbocycles. The first-order chi connectivity index (χ1) is 12.7. The highest BCUT2D eigenvalue weighted by Gasteiger charge is 2.15. The van der Waals surface area contributed by atoms with Crippen LogP contribution < -0.4 is 5.32 Å². The van der Waals surface area contributed by atoms with Gasteiger partial charge in [0.15, 0.2) is 11.5 Å². The summed E-state index contributed by atoms with van der Waals surface area (Å²) in [5.41, 5.74) is 1.99. The minimum Gasteiger partial charge on any atom is -0.463 e. The Bertz CT molecular complexity index is 1020. The number of hydrogen-bond acceptors (Lipinski definition) is 4. The lowest BCUT2D eigenvalue weighted by atomic mass is 10.2. The number of hydrogen-bond donors (Lipinski definition) is 2. The lowest BCUT2D eigenvalue weighted by molar-refractivity contribution is 0.102. The first kappa shape index (κ1) is 16.3. The fraction of sp³-hybridized carbons (Fsp3) is 0.0556. The van der Waals surface area contributed by atoms with Gasteiger partial charge in [0.1, 0.15) is 11.5 Å². The van der Waals surface area contributed by atoms with Gasteiger partial charge in [0, 0.05) is 16.6 Å². The van der Waals surface area contributed by atoms with Crippen molar-refractivity contribution in [2.75, 3.05) is 5.32 Å². The van der Waals surface area contributed by atoms with Crippen molar-refractivity contribution in [1.29, 1.82) is 0 Å². The lowest BCUT2D eigenvalue weighted by Gasteiger charge is -2.08. The third-order valence-electron chi connectivity index (χ3n) is 3.80. The van der Waals surface area contributed by atoms with Crippen LogP contribution >= 0.6 is 15.9 Å². The number of benzene rings is 1. The van der Waals surface area contributed by atoms with Crippen molar-refractivity contribution in [3.8, 4) is 11.5 Å². The van der Waals surface area contributed by atoms with Crippen LogP contribution in [-0.2, 0) is 6.54 Å². The molecular formula is C18H14BrN5O2. The summed E-state index contributed by atoms with van der Waals surface area (Å²) in [5, 5.41) is 14.0. The lowest BCUT2D eigenvalue weighted by Crippen LogP contribution is -2.16. The topological polar surface area (TPSA) is 88.7 Å². The van der Waals surface area contributed by atoms with Crippen molar-refractivity contribution in [2.45, 2.75) is 6.54 Å². The molecule has 0 saturated heterocycles. The van der Waals surface area contributed by atoms with E-state index in [4.69, 9.17) is 4.42 Å². The van der Waals surface area contributed by atoms with Gasteiger partial charge in [-0.25, -0.2) is 4.68 Å². The van der Waals surface area contributed by atoms with Crippen molar-refractivity contribution >= 4 is 27.7 Å². The Balaban J connectivity index is 1.48. The molecule has 3 aromatic heterocycles. The fourth-order valence-corrected chi connectivity index (χ4v) is 2.77. The van der Waals surface area contributed by atoms with Crippen molar-refractivity contribution in [3.05, 3.63) is 76.7 Å². The van der Waals surface area contributed by atoms with Crippen LogP contribution in [0.4, 0.5) is 5.82 Å². The number of amides is 1. The Morgan fingerprint density at radius 3 is 2.85 bits per heavy atom. The van der Waals surface area contributed by atoms with Gasteiger partial charge in [0.05, 0.1) is 19.0 Å². The molecule has 4 rings (SSSR count). The third kappa shape index (κ3) is 3.45. The van der Waals surface area contributed by atoms with Gasteiger partial charge in [-0.15, -0.1) is 0 Å². The molecule has 0 spiro atoms. The number of anilines is 1. The van der Waals surface area contributed by atoms with Crippen molar-refractivity contribution < 1.29 is 9.21 Å². The number of carbonyl (C=O) groups excluding carboxylic acids is 1.